The van der Waals surface area contributed by atoms with E-state index in [9.17, 15) is 18.0 Å². The molecular weight excluding hydrogens is 284 g/mol. The van der Waals surface area contributed by atoms with Gasteiger partial charge in [-0.25, -0.2) is 13.2 Å². The second-order valence-electron chi connectivity index (χ2n) is 4.14. The van der Waals surface area contributed by atoms with Crippen molar-refractivity contribution in [3.8, 4) is 0 Å². The van der Waals surface area contributed by atoms with Gasteiger partial charge in [-0.15, -0.1) is 0 Å². The molecule has 0 radical (unpaired) electrons. The quantitative estimate of drug-likeness (QED) is 0.711. The molecule has 1 aromatic rings. The zero-order valence-corrected chi connectivity index (χ0v) is 11.7. The van der Waals surface area contributed by atoms with Gasteiger partial charge in [-0.05, 0) is 17.7 Å². The summed E-state index contributed by atoms with van der Waals surface area (Å²) in [5, 5.41) is 10.9. The van der Waals surface area contributed by atoms with Gasteiger partial charge < -0.3 is 16.2 Å². The summed E-state index contributed by atoms with van der Waals surface area (Å²) in [5.74, 6) is -0.682. The van der Waals surface area contributed by atoms with Crippen LogP contribution in [0.1, 0.15) is 24.9 Å². The number of nitrogens with one attached hydrogen (secondary N) is 1. The van der Waals surface area contributed by atoms with E-state index in [1.54, 1.807) is 0 Å². The summed E-state index contributed by atoms with van der Waals surface area (Å²) in [4.78, 5) is 21.8. The molecular formula is C12H16N2O5S. The van der Waals surface area contributed by atoms with E-state index in [4.69, 9.17) is 10.8 Å². The largest absolute Gasteiger partial charge is 0.465 e. The molecule has 1 unspecified atom stereocenters. The van der Waals surface area contributed by atoms with Gasteiger partial charge in [0.25, 0.3) is 0 Å². The molecule has 0 bridgehead atoms. The first-order valence-electron chi connectivity index (χ1n) is 5.86. The summed E-state index contributed by atoms with van der Waals surface area (Å²) in [6.07, 6.45) is -1.49. The van der Waals surface area contributed by atoms with Crippen LogP contribution in [0.3, 0.4) is 0 Å². The third kappa shape index (κ3) is 4.23. The van der Waals surface area contributed by atoms with Crippen molar-refractivity contribution in [1.82, 2.24) is 5.32 Å². The summed E-state index contributed by atoms with van der Waals surface area (Å²) < 4.78 is 23.3. The molecule has 0 aliphatic rings. The number of benzene rings is 1. The number of carbonyl (C=O) groups is 2. The maximum atomic E-state index is 11.7. The summed E-state index contributed by atoms with van der Waals surface area (Å²) in [6, 6.07) is 4.89. The number of hydrogen-bond donors (Lipinski definition) is 3. The summed E-state index contributed by atoms with van der Waals surface area (Å²) in [7, 11) is -3.32. The Labute approximate surface area is 116 Å². The number of sulfone groups is 1. The molecule has 110 valence electrons. The van der Waals surface area contributed by atoms with E-state index in [0.29, 0.717) is 5.56 Å². The molecule has 0 aliphatic heterocycles. The van der Waals surface area contributed by atoms with E-state index in [1.807, 2.05) is 0 Å². The number of nitrogens with two attached hydrogens (primary N) is 1. The molecule has 20 heavy (non-hydrogen) atoms. The molecule has 4 N–H and O–H groups in total. The van der Waals surface area contributed by atoms with Crippen molar-refractivity contribution in [2.24, 2.45) is 5.73 Å². The Hall–Kier alpha value is -2.09. The molecule has 7 nitrogen and oxygen atoms in total. The van der Waals surface area contributed by atoms with Crippen LogP contribution in [0.4, 0.5) is 4.79 Å². The molecule has 2 amide bonds. The number of amides is 2. The fraction of sp³-hybridized carbons (Fsp3) is 0.333. The van der Waals surface area contributed by atoms with Gasteiger partial charge in [0, 0.05) is 0 Å². The van der Waals surface area contributed by atoms with Gasteiger partial charge in [-0.2, -0.15) is 0 Å². The Morgan fingerprint density at radius 2 is 1.85 bits per heavy atom. The minimum atomic E-state index is -3.32. The predicted molar refractivity (Wildman–Crippen MR) is 71.9 cm³/mol. The number of rotatable bonds is 6. The third-order valence-corrected chi connectivity index (χ3v) is 4.48. The number of carboxylic acid groups (broad SMARTS) is 1. The minimum absolute atomic E-state index is 0.0234. The predicted octanol–water partition coefficient (Wildman–Crippen LogP) is 0.664. The lowest BCUT2D eigenvalue weighted by atomic mass is 10.0. The van der Waals surface area contributed by atoms with E-state index in [2.05, 4.69) is 5.32 Å². The number of primary amides is 1. The highest BCUT2D eigenvalue weighted by Gasteiger charge is 2.18. The average Bonchev–Trinajstić information content (AvgIpc) is 2.37. The van der Waals surface area contributed by atoms with Crippen molar-refractivity contribution in [3.63, 3.8) is 0 Å². The molecule has 1 rings (SSSR count). The first-order chi connectivity index (χ1) is 9.26. The molecule has 0 saturated heterocycles. The third-order valence-electron chi connectivity index (χ3n) is 2.72. The molecule has 1 atom stereocenters. The van der Waals surface area contributed by atoms with E-state index < -0.39 is 27.9 Å². The van der Waals surface area contributed by atoms with Gasteiger partial charge in [0.15, 0.2) is 9.84 Å². The second kappa shape index (κ2) is 6.38. The smallest absolute Gasteiger partial charge is 0.405 e. The molecule has 0 aromatic heterocycles. The molecule has 0 saturated carbocycles. The van der Waals surface area contributed by atoms with Gasteiger partial charge in [0.05, 0.1) is 23.1 Å². The van der Waals surface area contributed by atoms with Crippen molar-refractivity contribution < 1.29 is 23.1 Å². The van der Waals surface area contributed by atoms with E-state index in [-0.39, 0.29) is 17.1 Å². The normalized spacial score (nSPS) is 12.7. The van der Waals surface area contributed by atoms with E-state index >= 15 is 0 Å². The van der Waals surface area contributed by atoms with Crippen LogP contribution < -0.4 is 11.1 Å². The Balaban J connectivity index is 3.04. The fourth-order valence-electron chi connectivity index (χ4n) is 1.68. The maximum Gasteiger partial charge on any atom is 0.405 e. The van der Waals surface area contributed by atoms with E-state index in [1.165, 1.54) is 31.2 Å². The first kappa shape index (κ1) is 16.0. The molecule has 8 heteroatoms. The summed E-state index contributed by atoms with van der Waals surface area (Å²) in [6.45, 7) is 1.53. The van der Waals surface area contributed by atoms with Crippen molar-refractivity contribution >= 4 is 21.8 Å². The van der Waals surface area contributed by atoms with Gasteiger partial charge >= 0.3 is 6.09 Å². The van der Waals surface area contributed by atoms with E-state index in [0.717, 1.165) is 0 Å². The molecule has 1 aromatic carbocycles. The fourth-order valence-corrected chi connectivity index (χ4v) is 2.56. The zero-order valence-electron chi connectivity index (χ0n) is 10.9. The van der Waals surface area contributed by atoms with Crippen LogP contribution in [0, 0.1) is 0 Å². The Kier molecular flexibility index (Phi) is 5.09. The average molecular weight is 300 g/mol. The first-order valence-corrected chi connectivity index (χ1v) is 7.52. The van der Waals surface area contributed by atoms with Crippen LogP contribution in [-0.2, 0) is 14.6 Å². The van der Waals surface area contributed by atoms with Gasteiger partial charge in [0.2, 0.25) is 5.91 Å². The van der Waals surface area contributed by atoms with Crippen molar-refractivity contribution in [1.29, 1.82) is 0 Å². The monoisotopic (exact) mass is 300 g/mol. The molecule has 0 spiro atoms. The Morgan fingerprint density at radius 1 is 1.30 bits per heavy atom. The molecule has 0 heterocycles. The zero-order chi connectivity index (χ0) is 15.3. The standard InChI is InChI=1S/C12H16N2O5S/c1-2-20(18,19)9-5-3-8(4-6-9)10(7-11(13)15)14-12(16)17/h3-6,10,14H,2,7H2,1H3,(H2,13,15)(H,16,17). The highest BCUT2D eigenvalue weighted by atomic mass is 32.2. The van der Waals surface area contributed by atoms with Crippen LogP contribution in [0.15, 0.2) is 29.2 Å². The number of hydrogen-bond acceptors (Lipinski definition) is 4. The van der Waals surface area contributed by atoms with Crippen LogP contribution in [0.2, 0.25) is 0 Å². The minimum Gasteiger partial charge on any atom is -0.465 e. The summed E-state index contributed by atoms with van der Waals surface area (Å²) >= 11 is 0. The van der Waals surface area contributed by atoms with Crippen LogP contribution >= 0.6 is 0 Å². The lowest BCUT2D eigenvalue weighted by molar-refractivity contribution is -0.118. The SMILES string of the molecule is CCS(=O)(=O)c1ccc(C(CC(N)=O)NC(=O)O)cc1. The van der Waals surface area contributed by atoms with Crippen LogP contribution in [0.25, 0.3) is 0 Å². The lowest BCUT2D eigenvalue weighted by Crippen LogP contribution is -2.30. The molecule has 0 aliphatic carbocycles. The van der Waals surface area contributed by atoms with Gasteiger partial charge in [-0.1, -0.05) is 19.1 Å². The van der Waals surface area contributed by atoms with Crippen molar-refractivity contribution in [2.75, 3.05) is 5.75 Å². The van der Waals surface area contributed by atoms with Crippen LogP contribution in [0.5, 0.6) is 0 Å². The number of carbonyl (C=O) groups excluding carboxylic acids is 1. The van der Waals surface area contributed by atoms with Crippen molar-refractivity contribution in [2.45, 2.75) is 24.3 Å². The molecule has 0 fully saturated rings. The second-order valence-corrected chi connectivity index (χ2v) is 6.42. The van der Waals surface area contributed by atoms with Crippen LogP contribution in [-0.4, -0.2) is 31.3 Å². The lowest BCUT2D eigenvalue weighted by Gasteiger charge is -2.16. The van der Waals surface area contributed by atoms with Crippen molar-refractivity contribution in [3.05, 3.63) is 29.8 Å². The highest BCUT2D eigenvalue weighted by molar-refractivity contribution is 7.91. The van der Waals surface area contributed by atoms with Gasteiger partial charge in [-0.3, -0.25) is 4.79 Å². The maximum absolute atomic E-state index is 11.7. The van der Waals surface area contributed by atoms with Gasteiger partial charge in [0.1, 0.15) is 0 Å². The topological polar surface area (TPSA) is 127 Å². The summed E-state index contributed by atoms with van der Waals surface area (Å²) in [5.41, 5.74) is 5.53. The highest BCUT2D eigenvalue weighted by Crippen LogP contribution is 2.19. The Bertz CT molecular complexity index is 579. The Morgan fingerprint density at radius 3 is 2.25 bits per heavy atom.